The smallest absolute Gasteiger partial charge is 0.104 e. The number of hydrogen-bond donors (Lipinski definition) is 0. The third-order valence-electron chi connectivity index (χ3n) is 3.32. The van der Waals surface area contributed by atoms with Crippen LogP contribution >= 0.6 is 0 Å². The van der Waals surface area contributed by atoms with E-state index in [0.29, 0.717) is 12.2 Å². The van der Waals surface area contributed by atoms with Gasteiger partial charge in [0.15, 0.2) is 0 Å². The van der Waals surface area contributed by atoms with E-state index in [-0.39, 0.29) is 0 Å². The maximum absolute atomic E-state index is 5.91. The number of ether oxygens (including phenoxy) is 2. The molecule has 0 N–H and O–H groups in total. The van der Waals surface area contributed by atoms with Gasteiger partial charge in [-0.25, -0.2) is 0 Å². The van der Waals surface area contributed by atoms with E-state index in [4.69, 9.17) is 9.47 Å². The summed E-state index contributed by atoms with van der Waals surface area (Å²) in [5.74, 6) is 1.48. The zero-order valence-corrected chi connectivity index (χ0v) is 8.66. The van der Waals surface area contributed by atoms with E-state index in [2.05, 4.69) is 13.8 Å². The molecule has 2 rings (SSSR count). The lowest BCUT2D eigenvalue weighted by Gasteiger charge is -2.34. The standard InChI is InChI=1S/C11H20O2/c1-8-4-3-5-9(2)11(8)13-7-10-6-12-10/h8-11H,3-7H2,1-2H3. The SMILES string of the molecule is CC1CCCC(C)C1OCC1CO1. The Balaban J connectivity index is 1.78. The van der Waals surface area contributed by atoms with Crippen LogP contribution in [0.2, 0.25) is 0 Å². The van der Waals surface area contributed by atoms with Gasteiger partial charge in [0.25, 0.3) is 0 Å². The molecule has 76 valence electrons. The monoisotopic (exact) mass is 184 g/mol. The largest absolute Gasteiger partial charge is 0.375 e. The summed E-state index contributed by atoms with van der Waals surface area (Å²) in [7, 11) is 0. The molecular weight excluding hydrogens is 164 g/mol. The Bertz CT molecular complexity index is 155. The molecule has 1 heterocycles. The van der Waals surface area contributed by atoms with Crippen molar-refractivity contribution in [2.24, 2.45) is 11.8 Å². The van der Waals surface area contributed by atoms with Crippen molar-refractivity contribution in [1.29, 1.82) is 0 Å². The molecule has 1 aliphatic carbocycles. The summed E-state index contributed by atoms with van der Waals surface area (Å²) < 4.78 is 11.1. The Hall–Kier alpha value is -0.0800. The van der Waals surface area contributed by atoms with Gasteiger partial charge < -0.3 is 9.47 Å². The van der Waals surface area contributed by atoms with E-state index in [1.807, 2.05) is 0 Å². The van der Waals surface area contributed by atoms with Crippen LogP contribution in [0, 0.1) is 11.8 Å². The van der Waals surface area contributed by atoms with Crippen molar-refractivity contribution in [2.75, 3.05) is 13.2 Å². The molecular formula is C11H20O2. The third kappa shape index (κ3) is 2.44. The predicted molar refractivity (Wildman–Crippen MR) is 51.7 cm³/mol. The fraction of sp³-hybridized carbons (Fsp3) is 1.00. The number of rotatable bonds is 3. The van der Waals surface area contributed by atoms with E-state index >= 15 is 0 Å². The van der Waals surface area contributed by atoms with Gasteiger partial charge >= 0.3 is 0 Å². The molecule has 1 aliphatic heterocycles. The first-order valence-electron chi connectivity index (χ1n) is 5.50. The molecule has 0 amide bonds. The second-order valence-corrected chi connectivity index (χ2v) is 4.64. The van der Waals surface area contributed by atoms with Crippen LogP contribution in [0.3, 0.4) is 0 Å². The van der Waals surface area contributed by atoms with Crippen molar-refractivity contribution in [3.63, 3.8) is 0 Å². The molecule has 2 fully saturated rings. The molecule has 2 aliphatic rings. The van der Waals surface area contributed by atoms with Crippen LogP contribution in [0.1, 0.15) is 33.1 Å². The molecule has 0 radical (unpaired) electrons. The van der Waals surface area contributed by atoms with Crippen molar-refractivity contribution in [3.8, 4) is 0 Å². The van der Waals surface area contributed by atoms with E-state index in [9.17, 15) is 0 Å². The van der Waals surface area contributed by atoms with Gasteiger partial charge in [0.1, 0.15) is 6.10 Å². The third-order valence-corrected chi connectivity index (χ3v) is 3.32. The van der Waals surface area contributed by atoms with Gasteiger partial charge in [-0.1, -0.05) is 20.3 Å². The summed E-state index contributed by atoms with van der Waals surface area (Å²) >= 11 is 0. The zero-order chi connectivity index (χ0) is 9.26. The van der Waals surface area contributed by atoms with Crippen molar-refractivity contribution in [1.82, 2.24) is 0 Å². The van der Waals surface area contributed by atoms with Gasteiger partial charge in [0.05, 0.1) is 19.3 Å². The first-order valence-corrected chi connectivity index (χ1v) is 5.50. The lowest BCUT2D eigenvalue weighted by atomic mass is 9.80. The second-order valence-electron chi connectivity index (χ2n) is 4.64. The normalized spacial score (nSPS) is 44.8. The van der Waals surface area contributed by atoms with Crippen LogP contribution < -0.4 is 0 Å². The highest BCUT2D eigenvalue weighted by Crippen LogP contribution is 2.31. The van der Waals surface area contributed by atoms with Crippen molar-refractivity contribution in [3.05, 3.63) is 0 Å². The average Bonchev–Trinajstić information content (AvgIpc) is 2.87. The van der Waals surface area contributed by atoms with Crippen LogP contribution in [-0.4, -0.2) is 25.4 Å². The topological polar surface area (TPSA) is 21.8 Å². The Morgan fingerprint density at radius 2 is 1.85 bits per heavy atom. The molecule has 1 saturated heterocycles. The van der Waals surface area contributed by atoms with Gasteiger partial charge in [0, 0.05) is 0 Å². The molecule has 2 heteroatoms. The first kappa shape index (κ1) is 9.47. The minimum atomic E-state index is 0.418. The summed E-state index contributed by atoms with van der Waals surface area (Å²) in [5.41, 5.74) is 0. The average molecular weight is 184 g/mol. The molecule has 0 aromatic heterocycles. The molecule has 3 atom stereocenters. The summed E-state index contributed by atoms with van der Waals surface area (Å²) in [4.78, 5) is 0. The fourth-order valence-corrected chi connectivity index (χ4v) is 2.36. The maximum Gasteiger partial charge on any atom is 0.104 e. The summed E-state index contributed by atoms with van der Waals surface area (Å²) in [6, 6.07) is 0. The van der Waals surface area contributed by atoms with Gasteiger partial charge in [-0.2, -0.15) is 0 Å². The molecule has 0 aromatic rings. The molecule has 3 unspecified atom stereocenters. The highest BCUT2D eigenvalue weighted by Gasteiger charge is 2.31. The predicted octanol–water partition coefficient (Wildman–Crippen LogP) is 2.23. The van der Waals surface area contributed by atoms with Crippen LogP contribution in [0.25, 0.3) is 0 Å². The summed E-state index contributed by atoms with van der Waals surface area (Å²) in [6.45, 7) is 6.36. The Morgan fingerprint density at radius 3 is 2.38 bits per heavy atom. The number of hydrogen-bond acceptors (Lipinski definition) is 2. The maximum atomic E-state index is 5.91. The van der Waals surface area contributed by atoms with Crippen molar-refractivity contribution >= 4 is 0 Å². The lowest BCUT2D eigenvalue weighted by molar-refractivity contribution is -0.0426. The van der Waals surface area contributed by atoms with E-state index < -0.39 is 0 Å². The summed E-state index contributed by atoms with van der Waals surface area (Å²) in [5, 5.41) is 0. The Labute approximate surface area is 80.6 Å². The van der Waals surface area contributed by atoms with Crippen LogP contribution in [0.5, 0.6) is 0 Å². The Morgan fingerprint density at radius 1 is 1.23 bits per heavy atom. The quantitative estimate of drug-likeness (QED) is 0.627. The highest BCUT2D eigenvalue weighted by molar-refractivity contribution is 4.79. The van der Waals surface area contributed by atoms with Crippen molar-refractivity contribution in [2.45, 2.75) is 45.3 Å². The zero-order valence-electron chi connectivity index (χ0n) is 8.66. The summed E-state index contributed by atoms with van der Waals surface area (Å²) in [6.07, 6.45) is 4.95. The lowest BCUT2D eigenvalue weighted by Crippen LogP contribution is -2.33. The Kier molecular flexibility index (Phi) is 2.89. The van der Waals surface area contributed by atoms with Crippen LogP contribution in [-0.2, 0) is 9.47 Å². The second kappa shape index (κ2) is 3.97. The van der Waals surface area contributed by atoms with Gasteiger partial charge in [-0.05, 0) is 24.7 Å². The minimum absolute atomic E-state index is 0.418. The molecule has 1 saturated carbocycles. The molecule has 0 spiro atoms. The van der Waals surface area contributed by atoms with Gasteiger partial charge in [-0.3, -0.25) is 0 Å². The van der Waals surface area contributed by atoms with Gasteiger partial charge in [-0.15, -0.1) is 0 Å². The fourth-order valence-electron chi connectivity index (χ4n) is 2.36. The number of epoxide rings is 1. The van der Waals surface area contributed by atoms with Crippen LogP contribution in [0.15, 0.2) is 0 Å². The van der Waals surface area contributed by atoms with Crippen LogP contribution in [0.4, 0.5) is 0 Å². The highest BCUT2D eigenvalue weighted by atomic mass is 16.6. The molecule has 0 aromatic carbocycles. The van der Waals surface area contributed by atoms with E-state index in [1.165, 1.54) is 19.3 Å². The molecule has 2 nitrogen and oxygen atoms in total. The minimum Gasteiger partial charge on any atom is -0.375 e. The molecule has 13 heavy (non-hydrogen) atoms. The molecule has 0 bridgehead atoms. The van der Waals surface area contributed by atoms with E-state index in [0.717, 1.165) is 25.0 Å². The first-order chi connectivity index (χ1) is 6.27. The van der Waals surface area contributed by atoms with Gasteiger partial charge in [0.2, 0.25) is 0 Å². The van der Waals surface area contributed by atoms with Crippen molar-refractivity contribution < 1.29 is 9.47 Å². The van der Waals surface area contributed by atoms with E-state index in [1.54, 1.807) is 0 Å².